The first-order chi connectivity index (χ1) is 14.9. The lowest BCUT2D eigenvalue weighted by atomic mass is 10.1. The molecule has 1 aromatic heterocycles. The van der Waals surface area contributed by atoms with E-state index in [0.29, 0.717) is 39.0 Å². The number of hydrogen-bond donors (Lipinski definition) is 2. The highest BCUT2D eigenvalue weighted by atomic mass is 35.5. The molecule has 4 aromatic rings. The Morgan fingerprint density at radius 1 is 1.13 bits per heavy atom. The third-order valence-corrected chi connectivity index (χ3v) is 5.04. The van der Waals surface area contributed by atoms with Gasteiger partial charge in [0.15, 0.2) is 10.7 Å². The van der Waals surface area contributed by atoms with Crippen LogP contribution in [0.15, 0.2) is 65.1 Å². The maximum atomic E-state index is 12.6. The standard InChI is InChI=1S/C23H18ClN3O3S/c1-13-5-3-8-17(20(13)29-2)21(28)27-23(31)25-16-7-4-6-14(11-16)22-26-18-12-15(24)9-10-19(18)30-22/h3-12H,1-2H3,(H2,25,27,28,31). The molecule has 0 atom stereocenters. The molecule has 0 saturated carbocycles. The van der Waals surface area contributed by atoms with Crippen LogP contribution in [0.4, 0.5) is 5.69 Å². The first-order valence-electron chi connectivity index (χ1n) is 9.37. The van der Waals surface area contributed by atoms with E-state index in [-0.39, 0.29) is 11.0 Å². The Hall–Kier alpha value is -3.42. The van der Waals surface area contributed by atoms with Crippen molar-refractivity contribution in [3.05, 3.63) is 76.8 Å². The van der Waals surface area contributed by atoms with Gasteiger partial charge < -0.3 is 14.5 Å². The van der Waals surface area contributed by atoms with Crippen molar-refractivity contribution >= 4 is 51.6 Å². The molecule has 156 valence electrons. The first-order valence-corrected chi connectivity index (χ1v) is 10.2. The minimum atomic E-state index is -0.356. The van der Waals surface area contributed by atoms with Crippen molar-refractivity contribution in [2.24, 2.45) is 0 Å². The third-order valence-electron chi connectivity index (χ3n) is 4.60. The molecule has 0 bridgehead atoms. The van der Waals surface area contributed by atoms with Gasteiger partial charge in [0.1, 0.15) is 11.3 Å². The molecule has 0 aliphatic rings. The zero-order valence-corrected chi connectivity index (χ0v) is 18.3. The number of anilines is 1. The Labute approximate surface area is 189 Å². The normalized spacial score (nSPS) is 10.7. The van der Waals surface area contributed by atoms with Crippen LogP contribution in [-0.4, -0.2) is 23.1 Å². The number of aromatic nitrogens is 1. The molecule has 1 amide bonds. The van der Waals surface area contributed by atoms with Crippen molar-refractivity contribution in [3.63, 3.8) is 0 Å². The van der Waals surface area contributed by atoms with E-state index in [1.807, 2.05) is 37.3 Å². The summed E-state index contributed by atoms with van der Waals surface area (Å²) in [6.45, 7) is 1.87. The summed E-state index contributed by atoms with van der Waals surface area (Å²) in [5.41, 5.74) is 4.03. The molecule has 0 saturated heterocycles. The van der Waals surface area contributed by atoms with Crippen molar-refractivity contribution in [3.8, 4) is 17.2 Å². The number of amides is 1. The third kappa shape index (κ3) is 4.52. The molecule has 4 rings (SSSR count). The van der Waals surface area contributed by atoms with E-state index >= 15 is 0 Å². The summed E-state index contributed by atoms with van der Waals surface area (Å²) in [6, 6.07) is 18.0. The van der Waals surface area contributed by atoms with Crippen LogP contribution >= 0.6 is 23.8 Å². The van der Waals surface area contributed by atoms with E-state index in [9.17, 15) is 4.79 Å². The summed E-state index contributed by atoms with van der Waals surface area (Å²) in [4.78, 5) is 17.1. The summed E-state index contributed by atoms with van der Waals surface area (Å²) in [6.07, 6.45) is 0. The van der Waals surface area contributed by atoms with Crippen LogP contribution in [-0.2, 0) is 0 Å². The zero-order valence-electron chi connectivity index (χ0n) is 16.7. The monoisotopic (exact) mass is 451 g/mol. The van der Waals surface area contributed by atoms with Crippen molar-refractivity contribution in [2.75, 3.05) is 12.4 Å². The van der Waals surface area contributed by atoms with Gasteiger partial charge in [-0.25, -0.2) is 4.98 Å². The van der Waals surface area contributed by atoms with E-state index in [1.165, 1.54) is 7.11 Å². The fourth-order valence-corrected chi connectivity index (χ4v) is 3.57. The minimum absolute atomic E-state index is 0.162. The number of fused-ring (bicyclic) bond motifs is 1. The fourth-order valence-electron chi connectivity index (χ4n) is 3.19. The maximum absolute atomic E-state index is 12.6. The maximum Gasteiger partial charge on any atom is 0.261 e. The average molecular weight is 452 g/mol. The zero-order chi connectivity index (χ0) is 22.0. The number of oxazole rings is 1. The van der Waals surface area contributed by atoms with Gasteiger partial charge in [-0.05, 0) is 67.2 Å². The highest BCUT2D eigenvalue weighted by Gasteiger charge is 2.15. The largest absolute Gasteiger partial charge is 0.496 e. The molecule has 6 nitrogen and oxygen atoms in total. The molecule has 3 aromatic carbocycles. The van der Waals surface area contributed by atoms with Crippen LogP contribution in [0.2, 0.25) is 5.02 Å². The number of nitrogens with one attached hydrogen (secondary N) is 2. The number of methoxy groups -OCH3 is 1. The molecular formula is C23H18ClN3O3S. The second-order valence-electron chi connectivity index (χ2n) is 6.78. The van der Waals surface area contributed by atoms with Gasteiger partial charge in [0.2, 0.25) is 5.89 Å². The Balaban J connectivity index is 1.50. The highest BCUT2D eigenvalue weighted by molar-refractivity contribution is 7.80. The molecule has 8 heteroatoms. The van der Waals surface area contributed by atoms with Crippen LogP contribution < -0.4 is 15.4 Å². The summed E-state index contributed by atoms with van der Waals surface area (Å²) >= 11 is 11.3. The topological polar surface area (TPSA) is 76.4 Å². The van der Waals surface area contributed by atoms with Gasteiger partial charge in [0, 0.05) is 16.3 Å². The van der Waals surface area contributed by atoms with E-state index in [0.717, 1.165) is 11.1 Å². The van der Waals surface area contributed by atoms with Crippen molar-refractivity contribution in [2.45, 2.75) is 6.92 Å². The number of aryl methyl sites for hydroxylation is 1. The van der Waals surface area contributed by atoms with Gasteiger partial charge in [-0.15, -0.1) is 0 Å². The summed E-state index contributed by atoms with van der Waals surface area (Å²) < 4.78 is 11.2. The highest BCUT2D eigenvalue weighted by Crippen LogP contribution is 2.28. The van der Waals surface area contributed by atoms with Crippen molar-refractivity contribution < 1.29 is 13.9 Å². The number of nitrogens with zero attached hydrogens (tertiary/aromatic N) is 1. The van der Waals surface area contributed by atoms with E-state index in [4.69, 9.17) is 33.0 Å². The van der Waals surface area contributed by atoms with Crippen molar-refractivity contribution in [1.82, 2.24) is 10.3 Å². The van der Waals surface area contributed by atoms with Gasteiger partial charge in [0.05, 0.1) is 12.7 Å². The molecule has 0 aliphatic heterocycles. The molecule has 0 unspecified atom stereocenters. The summed E-state index contributed by atoms with van der Waals surface area (Å²) in [5.74, 6) is 0.617. The van der Waals surface area contributed by atoms with Gasteiger partial charge in [-0.2, -0.15) is 0 Å². The van der Waals surface area contributed by atoms with Crippen molar-refractivity contribution in [1.29, 1.82) is 0 Å². The number of rotatable bonds is 4. The Morgan fingerprint density at radius 3 is 2.74 bits per heavy atom. The van der Waals surface area contributed by atoms with Crippen LogP contribution in [0.25, 0.3) is 22.6 Å². The number of benzene rings is 3. The number of carbonyl (C=O) groups is 1. The lowest BCUT2D eigenvalue weighted by Gasteiger charge is -2.13. The number of hydrogen-bond acceptors (Lipinski definition) is 5. The molecule has 0 fully saturated rings. The molecule has 1 heterocycles. The minimum Gasteiger partial charge on any atom is -0.496 e. The Kier molecular flexibility index (Phi) is 5.88. The molecule has 0 spiro atoms. The number of halogens is 1. The van der Waals surface area contributed by atoms with Gasteiger partial charge >= 0.3 is 0 Å². The molecule has 31 heavy (non-hydrogen) atoms. The van der Waals surface area contributed by atoms with E-state index < -0.39 is 0 Å². The lowest BCUT2D eigenvalue weighted by molar-refractivity contribution is 0.0974. The molecular weight excluding hydrogens is 434 g/mol. The fraction of sp³-hybridized carbons (Fsp3) is 0.0870. The average Bonchev–Trinajstić information content (AvgIpc) is 3.17. The molecule has 0 aliphatic carbocycles. The lowest BCUT2D eigenvalue weighted by Crippen LogP contribution is -2.34. The quantitative estimate of drug-likeness (QED) is 0.394. The summed E-state index contributed by atoms with van der Waals surface area (Å²) in [5, 5.41) is 6.45. The van der Waals surface area contributed by atoms with Crippen LogP contribution in [0.1, 0.15) is 15.9 Å². The van der Waals surface area contributed by atoms with Crippen LogP contribution in [0.5, 0.6) is 5.75 Å². The smallest absolute Gasteiger partial charge is 0.261 e. The first kappa shape index (κ1) is 20.8. The molecule has 0 radical (unpaired) electrons. The van der Waals surface area contributed by atoms with E-state index in [2.05, 4.69) is 15.6 Å². The number of ether oxygens (including phenoxy) is 1. The van der Waals surface area contributed by atoms with Gasteiger partial charge in [-0.3, -0.25) is 10.1 Å². The number of carbonyl (C=O) groups excluding carboxylic acids is 1. The Morgan fingerprint density at radius 2 is 1.94 bits per heavy atom. The number of thiocarbonyl (C=S) groups is 1. The van der Waals surface area contributed by atoms with E-state index in [1.54, 1.807) is 30.3 Å². The number of para-hydroxylation sites is 1. The predicted octanol–water partition coefficient (Wildman–Crippen LogP) is 5.59. The second kappa shape index (κ2) is 8.75. The Bertz CT molecular complexity index is 1300. The van der Waals surface area contributed by atoms with Crippen LogP contribution in [0, 0.1) is 6.92 Å². The van der Waals surface area contributed by atoms with Crippen LogP contribution in [0.3, 0.4) is 0 Å². The van der Waals surface area contributed by atoms with Gasteiger partial charge in [0.25, 0.3) is 5.91 Å². The predicted molar refractivity (Wildman–Crippen MR) is 126 cm³/mol. The molecule has 2 N–H and O–H groups in total. The summed E-state index contributed by atoms with van der Waals surface area (Å²) in [7, 11) is 1.53. The second-order valence-corrected chi connectivity index (χ2v) is 7.62. The van der Waals surface area contributed by atoms with Gasteiger partial charge in [-0.1, -0.05) is 29.8 Å². The SMILES string of the molecule is COc1c(C)cccc1C(=O)NC(=S)Nc1cccc(-c2nc3cc(Cl)ccc3o2)c1.